The van der Waals surface area contributed by atoms with Crippen molar-refractivity contribution in [1.82, 2.24) is 10.2 Å². The number of benzene rings is 1. The van der Waals surface area contributed by atoms with E-state index in [9.17, 15) is 0 Å². The Labute approximate surface area is 181 Å². The molecule has 0 radical (unpaired) electrons. The molecule has 0 aromatic heterocycles. The number of halogens is 1. The van der Waals surface area contributed by atoms with Gasteiger partial charge in [0.25, 0.3) is 0 Å². The van der Waals surface area contributed by atoms with E-state index in [4.69, 9.17) is 9.73 Å². The van der Waals surface area contributed by atoms with Gasteiger partial charge in [-0.1, -0.05) is 48.9 Å². The number of aliphatic imine (C=N–C) groups is 1. The summed E-state index contributed by atoms with van der Waals surface area (Å²) in [7, 11) is 0. The Balaban J connectivity index is 0.00000261. The first-order valence-electron chi connectivity index (χ1n) is 10.1. The first kappa shape index (κ1) is 22.2. The molecule has 0 spiro atoms. The van der Waals surface area contributed by atoms with Gasteiger partial charge in [-0.15, -0.1) is 24.0 Å². The molecule has 5 heteroatoms. The van der Waals surface area contributed by atoms with Gasteiger partial charge in [0.1, 0.15) is 0 Å². The van der Waals surface area contributed by atoms with Crippen molar-refractivity contribution in [3.63, 3.8) is 0 Å². The van der Waals surface area contributed by atoms with Crippen LogP contribution >= 0.6 is 24.0 Å². The first-order chi connectivity index (χ1) is 12.8. The van der Waals surface area contributed by atoms with Crippen molar-refractivity contribution in [3.05, 3.63) is 47.5 Å². The maximum atomic E-state index is 5.39. The van der Waals surface area contributed by atoms with E-state index in [1.54, 1.807) is 0 Å². The van der Waals surface area contributed by atoms with E-state index < -0.39 is 0 Å². The van der Waals surface area contributed by atoms with E-state index >= 15 is 0 Å². The van der Waals surface area contributed by atoms with Crippen LogP contribution in [0.15, 0.2) is 47.0 Å². The molecule has 150 valence electrons. The molecule has 0 amide bonds. The zero-order chi connectivity index (χ0) is 18.2. The second-order valence-corrected chi connectivity index (χ2v) is 7.40. The largest absolute Gasteiger partial charge is 0.377 e. The Morgan fingerprint density at radius 3 is 2.78 bits per heavy atom. The molecule has 0 bridgehead atoms. The average Bonchev–Trinajstić information content (AvgIpc) is 2.69. The van der Waals surface area contributed by atoms with Crippen LogP contribution in [0.25, 0.3) is 0 Å². The standard InChI is InChI=1S/C22H33N3O.HI/c1-3-23-22(24-13-9-19-11-15-26-16-12-19)25-14-10-21(18(2)17-25)20-7-5-4-6-8-20;/h4-8,11,18,21H,3,9-10,12-17H2,1-2H3,(H,23,24);1H. The van der Waals surface area contributed by atoms with Crippen molar-refractivity contribution in [2.24, 2.45) is 10.9 Å². The Bertz CT molecular complexity index is 617. The quantitative estimate of drug-likeness (QED) is 0.292. The lowest BCUT2D eigenvalue weighted by atomic mass is 9.82. The van der Waals surface area contributed by atoms with Gasteiger partial charge >= 0.3 is 0 Å². The van der Waals surface area contributed by atoms with E-state index in [1.807, 2.05) is 0 Å². The highest BCUT2D eigenvalue weighted by Crippen LogP contribution is 2.32. The molecule has 1 aromatic rings. The van der Waals surface area contributed by atoms with Crippen LogP contribution in [0.3, 0.4) is 0 Å². The molecule has 2 aliphatic heterocycles. The summed E-state index contributed by atoms with van der Waals surface area (Å²) in [5.41, 5.74) is 2.97. The molecule has 27 heavy (non-hydrogen) atoms. The SMILES string of the molecule is CCNC(=NCCC1=CCOCC1)N1CCC(c2ccccc2)C(C)C1.I. The molecule has 2 aliphatic rings. The predicted octanol–water partition coefficient (Wildman–Crippen LogP) is 4.43. The Morgan fingerprint density at radius 1 is 1.30 bits per heavy atom. The molecular weight excluding hydrogens is 449 g/mol. The summed E-state index contributed by atoms with van der Waals surface area (Å²) in [5.74, 6) is 2.37. The van der Waals surface area contributed by atoms with Crippen molar-refractivity contribution in [1.29, 1.82) is 0 Å². The highest BCUT2D eigenvalue weighted by Gasteiger charge is 2.28. The third-order valence-electron chi connectivity index (χ3n) is 5.52. The van der Waals surface area contributed by atoms with Crippen LogP contribution in [-0.4, -0.2) is 50.3 Å². The fraction of sp³-hybridized carbons (Fsp3) is 0.591. The molecule has 1 fully saturated rings. The summed E-state index contributed by atoms with van der Waals surface area (Å²) < 4.78 is 5.39. The van der Waals surface area contributed by atoms with Crippen molar-refractivity contribution >= 4 is 29.9 Å². The van der Waals surface area contributed by atoms with Gasteiger partial charge in [-0.05, 0) is 43.6 Å². The topological polar surface area (TPSA) is 36.9 Å². The molecule has 3 rings (SSSR count). The van der Waals surface area contributed by atoms with Gasteiger partial charge in [-0.2, -0.15) is 0 Å². The summed E-state index contributed by atoms with van der Waals surface area (Å²) in [6.45, 7) is 10.1. The maximum Gasteiger partial charge on any atom is 0.193 e. The molecule has 0 saturated carbocycles. The predicted molar refractivity (Wildman–Crippen MR) is 124 cm³/mol. The lowest BCUT2D eigenvalue weighted by molar-refractivity contribution is 0.153. The van der Waals surface area contributed by atoms with Crippen LogP contribution in [0.4, 0.5) is 0 Å². The zero-order valence-electron chi connectivity index (χ0n) is 16.7. The summed E-state index contributed by atoms with van der Waals surface area (Å²) >= 11 is 0. The highest BCUT2D eigenvalue weighted by molar-refractivity contribution is 14.0. The number of ether oxygens (including phenoxy) is 1. The second-order valence-electron chi connectivity index (χ2n) is 7.40. The number of rotatable bonds is 5. The summed E-state index contributed by atoms with van der Waals surface area (Å²) in [6.07, 6.45) is 5.53. The molecule has 0 aliphatic carbocycles. The first-order valence-corrected chi connectivity index (χ1v) is 10.1. The fourth-order valence-corrected chi connectivity index (χ4v) is 4.06. The number of guanidine groups is 1. The Morgan fingerprint density at radius 2 is 2.11 bits per heavy atom. The van der Waals surface area contributed by atoms with E-state index in [0.717, 1.165) is 58.2 Å². The number of hydrogen-bond acceptors (Lipinski definition) is 2. The molecule has 2 heterocycles. The molecular formula is C22H34IN3O. The van der Waals surface area contributed by atoms with E-state index in [2.05, 4.69) is 60.5 Å². The lowest BCUT2D eigenvalue weighted by Gasteiger charge is -2.39. The Hall–Kier alpha value is -1.08. The van der Waals surface area contributed by atoms with E-state index in [1.165, 1.54) is 17.6 Å². The minimum absolute atomic E-state index is 0. The molecule has 4 nitrogen and oxygen atoms in total. The molecule has 2 atom stereocenters. The van der Waals surface area contributed by atoms with Crippen molar-refractivity contribution in [2.75, 3.05) is 39.4 Å². The number of piperidine rings is 1. The van der Waals surface area contributed by atoms with Gasteiger partial charge in [-0.3, -0.25) is 4.99 Å². The third-order valence-corrected chi connectivity index (χ3v) is 5.52. The minimum atomic E-state index is 0. The summed E-state index contributed by atoms with van der Waals surface area (Å²) in [6, 6.07) is 11.0. The second kappa shape index (κ2) is 11.7. The van der Waals surface area contributed by atoms with Crippen molar-refractivity contribution in [3.8, 4) is 0 Å². The van der Waals surface area contributed by atoms with Crippen molar-refractivity contribution in [2.45, 2.75) is 39.0 Å². The average molecular weight is 483 g/mol. The Kier molecular flexibility index (Phi) is 9.62. The maximum absolute atomic E-state index is 5.39. The lowest BCUT2D eigenvalue weighted by Crippen LogP contribution is -2.48. The van der Waals surface area contributed by atoms with Gasteiger partial charge in [0, 0.05) is 26.2 Å². The summed E-state index contributed by atoms with van der Waals surface area (Å²) in [5, 5.41) is 3.50. The molecule has 1 N–H and O–H groups in total. The number of nitrogens with one attached hydrogen (secondary N) is 1. The van der Waals surface area contributed by atoms with Gasteiger partial charge in [0.2, 0.25) is 0 Å². The van der Waals surface area contributed by atoms with E-state index in [0.29, 0.717) is 11.8 Å². The van der Waals surface area contributed by atoms with Gasteiger partial charge in [0.05, 0.1) is 13.2 Å². The molecule has 1 aromatic carbocycles. The summed E-state index contributed by atoms with van der Waals surface area (Å²) in [4.78, 5) is 7.36. The van der Waals surface area contributed by atoms with Crippen molar-refractivity contribution < 1.29 is 4.74 Å². The molecule has 1 saturated heterocycles. The number of likely N-dealkylation sites (tertiary alicyclic amines) is 1. The van der Waals surface area contributed by atoms with Crippen LogP contribution in [0, 0.1) is 5.92 Å². The highest BCUT2D eigenvalue weighted by atomic mass is 127. The van der Waals surface area contributed by atoms with E-state index in [-0.39, 0.29) is 24.0 Å². The third kappa shape index (κ3) is 6.49. The normalized spacial score (nSPS) is 23.4. The molecule has 2 unspecified atom stereocenters. The number of nitrogens with zero attached hydrogens (tertiary/aromatic N) is 2. The van der Waals surface area contributed by atoms with Crippen LogP contribution in [0.2, 0.25) is 0 Å². The van der Waals surface area contributed by atoms with Crippen LogP contribution in [0.5, 0.6) is 0 Å². The van der Waals surface area contributed by atoms with Gasteiger partial charge in [0.15, 0.2) is 5.96 Å². The monoisotopic (exact) mass is 483 g/mol. The fourth-order valence-electron chi connectivity index (χ4n) is 4.06. The van der Waals surface area contributed by atoms with Crippen LogP contribution in [-0.2, 0) is 4.74 Å². The van der Waals surface area contributed by atoms with Crippen LogP contribution < -0.4 is 5.32 Å². The van der Waals surface area contributed by atoms with Gasteiger partial charge < -0.3 is 15.0 Å². The van der Waals surface area contributed by atoms with Crippen LogP contribution in [0.1, 0.15) is 44.6 Å². The zero-order valence-corrected chi connectivity index (χ0v) is 19.0. The smallest absolute Gasteiger partial charge is 0.193 e. The number of hydrogen-bond donors (Lipinski definition) is 1. The minimum Gasteiger partial charge on any atom is -0.377 e. The van der Waals surface area contributed by atoms with Gasteiger partial charge in [-0.25, -0.2) is 0 Å².